The maximum absolute atomic E-state index is 15.4. The Labute approximate surface area is 784 Å². The number of nitrogens with zero attached hydrogens (tertiary/aromatic N) is 10. The molecule has 0 aliphatic carbocycles. The predicted molar refractivity (Wildman–Crippen MR) is 497 cm³/mol. The maximum Gasteiger partial charge on any atom is 0.252 e. The Morgan fingerprint density at radius 2 is 0.754 bits per heavy atom. The minimum atomic E-state index is -1.91. The number of amides is 4. The minimum absolute atomic E-state index is 0.0711. The fraction of sp³-hybridized carbons (Fsp3) is 0.214. The van der Waals surface area contributed by atoms with E-state index in [0.29, 0.717) is 69.6 Å². The highest BCUT2D eigenvalue weighted by atomic mass is 19.2. The van der Waals surface area contributed by atoms with Crippen molar-refractivity contribution >= 4 is 68.8 Å². The van der Waals surface area contributed by atoms with Crippen molar-refractivity contribution in [3.8, 4) is 0 Å². The zero-order chi connectivity index (χ0) is 97.9. The zero-order valence-corrected chi connectivity index (χ0v) is 74.0. The summed E-state index contributed by atoms with van der Waals surface area (Å²) in [6, 6.07) is 53.9. The Hall–Kier alpha value is -15.1. The van der Waals surface area contributed by atoms with Gasteiger partial charge in [-0.15, -0.1) is 0 Å². The lowest BCUT2D eigenvalue weighted by Gasteiger charge is -2.26. The van der Waals surface area contributed by atoms with Crippen LogP contribution in [0.5, 0.6) is 0 Å². The third-order valence-electron chi connectivity index (χ3n) is 22.6. The van der Waals surface area contributed by atoms with Gasteiger partial charge in [-0.3, -0.25) is 54.1 Å². The molecule has 0 radical (unpaired) electrons. The van der Waals surface area contributed by atoms with Gasteiger partial charge in [0.15, 0.2) is 11.7 Å². The van der Waals surface area contributed by atoms with E-state index in [0.717, 1.165) is 39.5 Å². The lowest BCUT2D eigenvalue weighted by molar-refractivity contribution is 0.0213. The summed E-state index contributed by atoms with van der Waals surface area (Å²) in [5, 5.41) is 56.6. The van der Waals surface area contributed by atoms with Crippen molar-refractivity contribution in [3.05, 3.63) is 410 Å². The molecule has 8 aromatic carbocycles. The Morgan fingerprint density at radius 3 is 1.23 bits per heavy atom. The molecule has 4 aliphatic heterocycles. The molecule has 0 spiro atoms. The second-order valence-electron chi connectivity index (χ2n) is 31.5. The minimum Gasteiger partial charge on any atom is -0.394 e. The standard InChI is InChI=1S/C27H25F2N3O3.C27H26FN3O3.C26H21F4N3O2.C23H19F4N5O2/c1-35-24(16-33)23(14-19-6-4-5-13-30-19)32-27(34)21-8-3-2-7-20(21)26-25(29)22(15-31-26)17-9-11-18(28)12-10-17;1-34-26(17-32)25(15-21-6-4-5-13-29-21)31-27(33)23-8-3-2-7-22(23)24-14-19(16-30-24)18-9-11-20(28)12-10-18;27-17-8-6-15(7-9-17)16-11-24(32-13-16)25-18(3-1-4-20(25)29)26(35)33-23(21(30)14-34)12-22-19(28)5-2-10-31-22;24-14-6-4-13(5-7-14)16-10-28-22(21(16)27)20-15(2-1-3-17(20)25)23(34)31-19(18(26)12-33)11-32-29-8-9-30-32/h2-13,23-24,33H,14-16H2,1H3,(H,32,34);2-14,25-26,32H,15-17H2,1H3,(H,31,33);1-11,21,23,34H,12-14H2,(H,33,35);1-9,18-19,33H,10-12H2,(H,31,34)/t23-,24-;25-,26-;21-,23-;18-,19-/m1111/s1. The Bertz CT molecular complexity index is 6530. The van der Waals surface area contributed by atoms with Crippen LogP contribution in [0, 0.1) is 40.7 Å². The van der Waals surface area contributed by atoms with Crippen molar-refractivity contribution in [2.24, 2.45) is 20.0 Å². The number of pyridine rings is 3. The number of nitrogens with one attached hydrogen (secondary N) is 4. The molecular formula is C103H91F11N14O10. The smallest absolute Gasteiger partial charge is 0.252 e. The molecule has 8 heterocycles. The largest absolute Gasteiger partial charge is 0.394 e. The number of aliphatic hydroxyl groups excluding tert-OH is 4. The number of alkyl halides is 2. The highest BCUT2D eigenvalue weighted by molar-refractivity contribution is 6.24. The number of aliphatic hydroxyl groups is 4. The van der Waals surface area contributed by atoms with E-state index < -0.39 is 126 Å². The van der Waals surface area contributed by atoms with Crippen LogP contribution in [0.4, 0.5) is 48.3 Å². The lowest BCUT2D eigenvalue weighted by atomic mass is 9.98. The molecule has 0 unspecified atom stereocenters. The van der Waals surface area contributed by atoms with E-state index in [1.165, 1.54) is 142 Å². The van der Waals surface area contributed by atoms with Crippen molar-refractivity contribution in [1.82, 2.24) is 51.2 Å². The topological polar surface area (TPSA) is 335 Å². The first-order valence-corrected chi connectivity index (χ1v) is 43.3. The van der Waals surface area contributed by atoms with Crippen molar-refractivity contribution in [2.45, 2.75) is 74.5 Å². The van der Waals surface area contributed by atoms with Crippen molar-refractivity contribution in [3.63, 3.8) is 0 Å². The number of aromatic nitrogens is 6. The summed E-state index contributed by atoms with van der Waals surface area (Å²) in [6.45, 7) is -1.93. The molecule has 0 saturated carbocycles. The summed E-state index contributed by atoms with van der Waals surface area (Å²) >= 11 is 0. The molecule has 138 heavy (non-hydrogen) atoms. The van der Waals surface area contributed by atoms with E-state index in [1.807, 2.05) is 48.5 Å². The maximum atomic E-state index is 15.4. The van der Waals surface area contributed by atoms with E-state index >= 15 is 8.78 Å². The molecule has 24 nitrogen and oxygen atoms in total. The quantitative estimate of drug-likeness (QED) is 0.0174. The number of aliphatic imine (C=N–C) groups is 4. The second-order valence-corrected chi connectivity index (χ2v) is 31.5. The number of halogens is 11. The van der Waals surface area contributed by atoms with Gasteiger partial charge in [0.25, 0.3) is 23.6 Å². The molecule has 710 valence electrons. The van der Waals surface area contributed by atoms with E-state index in [9.17, 15) is 79.1 Å². The average molecular weight is 1890 g/mol. The van der Waals surface area contributed by atoms with E-state index in [-0.39, 0.29) is 114 Å². The normalized spacial score (nSPS) is 15.0. The van der Waals surface area contributed by atoms with Gasteiger partial charge in [0.1, 0.15) is 76.7 Å². The van der Waals surface area contributed by atoms with Crippen molar-refractivity contribution in [2.75, 3.05) is 66.8 Å². The van der Waals surface area contributed by atoms with Crippen LogP contribution in [0.1, 0.15) is 103 Å². The molecule has 0 fully saturated rings. The Balaban J connectivity index is 0.000000155. The van der Waals surface area contributed by atoms with Crippen LogP contribution in [-0.2, 0) is 35.3 Å². The van der Waals surface area contributed by atoms with Gasteiger partial charge >= 0.3 is 0 Å². The monoisotopic (exact) mass is 1890 g/mol. The first kappa shape index (κ1) is 100. The van der Waals surface area contributed by atoms with Crippen molar-refractivity contribution in [1.29, 1.82) is 0 Å². The number of carbonyl (C=O) groups is 4. The molecule has 35 heteroatoms. The van der Waals surface area contributed by atoms with Gasteiger partial charge < -0.3 is 51.2 Å². The number of allylic oxidation sites excluding steroid dienone is 4. The fourth-order valence-electron chi connectivity index (χ4n) is 15.4. The van der Waals surface area contributed by atoms with Crippen LogP contribution in [0.25, 0.3) is 22.3 Å². The first-order chi connectivity index (χ1) is 66.8. The van der Waals surface area contributed by atoms with Gasteiger partial charge in [-0.25, -0.2) is 48.3 Å². The van der Waals surface area contributed by atoms with Gasteiger partial charge in [-0.1, -0.05) is 109 Å². The first-order valence-electron chi connectivity index (χ1n) is 43.3. The van der Waals surface area contributed by atoms with Gasteiger partial charge in [0.2, 0.25) is 0 Å². The molecule has 0 bridgehead atoms. The lowest BCUT2D eigenvalue weighted by Crippen LogP contribution is -2.47. The Kier molecular flexibility index (Phi) is 35.2. The molecule has 0 saturated heterocycles. The van der Waals surface area contributed by atoms with E-state index in [4.69, 9.17) is 9.47 Å². The molecule has 4 amide bonds. The summed E-state index contributed by atoms with van der Waals surface area (Å²) in [7, 11) is 2.96. The molecular weight excluding hydrogens is 1800 g/mol. The van der Waals surface area contributed by atoms with Crippen LogP contribution in [0.15, 0.2) is 305 Å². The highest BCUT2D eigenvalue weighted by Gasteiger charge is 2.36. The zero-order valence-electron chi connectivity index (χ0n) is 74.0. The summed E-state index contributed by atoms with van der Waals surface area (Å²) in [6.07, 6.45) is 6.31. The van der Waals surface area contributed by atoms with Crippen LogP contribution >= 0.6 is 0 Å². The summed E-state index contributed by atoms with van der Waals surface area (Å²) < 4.78 is 167. The van der Waals surface area contributed by atoms with Gasteiger partial charge in [-0.2, -0.15) is 15.0 Å². The number of ether oxygens (including phenoxy) is 2. The van der Waals surface area contributed by atoms with Gasteiger partial charge in [-0.05, 0) is 167 Å². The molecule has 8 atom stereocenters. The van der Waals surface area contributed by atoms with Gasteiger partial charge in [0, 0.05) is 102 Å². The molecule has 4 aromatic heterocycles. The molecule has 4 aliphatic rings. The van der Waals surface area contributed by atoms with Gasteiger partial charge in [0.05, 0.1) is 130 Å². The molecule has 8 N–H and O–H groups in total. The van der Waals surface area contributed by atoms with Crippen LogP contribution in [-0.4, -0.2) is 212 Å². The summed E-state index contributed by atoms with van der Waals surface area (Å²) in [5.41, 5.74) is 7.56. The number of hydrogen-bond donors (Lipinski definition) is 8. The molecule has 16 rings (SSSR count). The fourth-order valence-corrected chi connectivity index (χ4v) is 15.4. The SMILES string of the molecule is CO[C@H](CO)[C@@H](Cc1ccccn1)NC(=O)c1ccccc1C1=NCC(c2ccc(F)cc2)=C1.CO[C@H](CO)[C@@H](Cc1ccccn1)NC(=O)c1ccccc1C1=NCC(c2ccc(F)cc2)=C1F.O=C(N[C@H](Cc1ncccc1F)[C@H](F)CO)c1cccc(F)c1C1=NCC(c2ccc(F)cc2)=C1.O=C(N[C@H](Cn1nccn1)[C@H](F)CO)c1cccc(F)c1C1=NCC(c2ccc(F)cc2)=C1F. The second kappa shape index (κ2) is 48.4. The molecule has 12 aromatic rings. The predicted octanol–water partition coefficient (Wildman–Crippen LogP) is 14.1. The number of benzene rings is 8. The Morgan fingerprint density at radius 1 is 0.362 bits per heavy atom. The van der Waals surface area contributed by atoms with Crippen LogP contribution < -0.4 is 21.3 Å². The third-order valence-corrected chi connectivity index (χ3v) is 22.6. The van der Waals surface area contributed by atoms with Crippen LogP contribution in [0.2, 0.25) is 0 Å². The average Bonchev–Trinajstić information content (AvgIpc) is 1.62. The number of methoxy groups -OCH3 is 2. The number of hydrogen-bond acceptors (Lipinski definition) is 19. The summed E-state index contributed by atoms with van der Waals surface area (Å²) in [5.74, 6) is -7.72. The van der Waals surface area contributed by atoms with E-state index in [2.05, 4.69) is 66.4 Å². The number of carbonyl (C=O) groups excluding carboxylic acids is 4. The van der Waals surface area contributed by atoms with Crippen molar-refractivity contribution < 1.29 is 97.4 Å². The highest BCUT2D eigenvalue weighted by Crippen LogP contribution is 2.35. The van der Waals surface area contributed by atoms with E-state index in [1.54, 1.807) is 85.2 Å². The van der Waals surface area contributed by atoms with Crippen LogP contribution in [0.3, 0.4) is 0 Å². The third kappa shape index (κ3) is 25.5. The number of rotatable bonds is 34. The summed E-state index contributed by atoms with van der Waals surface area (Å²) in [4.78, 5) is 83.8.